The normalized spacial score (nSPS) is 10.5. The second-order valence-corrected chi connectivity index (χ2v) is 5.93. The summed E-state index contributed by atoms with van der Waals surface area (Å²) in [5.74, 6) is 0. The third-order valence-electron chi connectivity index (χ3n) is 2.93. The number of carbonyl (C=O) groups excluding carboxylic acids is 1. The van der Waals surface area contributed by atoms with E-state index in [1.807, 2.05) is 12.1 Å². The number of nitro benzene ring substituents is 1. The van der Waals surface area contributed by atoms with Gasteiger partial charge in [-0.05, 0) is 24.3 Å². The largest absolute Gasteiger partial charge is 0.325 e. The number of aromatic nitrogens is 1. The van der Waals surface area contributed by atoms with Gasteiger partial charge in [0.05, 0.1) is 14.6 Å². The fourth-order valence-electron chi connectivity index (χ4n) is 1.89. The molecular weight excluding hydrogens is 340 g/mol. The minimum Gasteiger partial charge on any atom is -0.308 e. The van der Waals surface area contributed by atoms with Gasteiger partial charge in [0.25, 0.3) is 5.69 Å². The number of rotatable bonds is 3. The van der Waals surface area contributed by atoms with E-state index in [1.165, 1.54) is 35.6 Å². The molecule has 2 N–H and O–H groups in total. The number of nitrogens with zero attached hydrogens (tertiary/aromatic N) is 2. The minimum atomic E-state index is -0.505. The van der Waals surface area contributed by atoms with Crippen LogP contribution in [-0.2, 0) is 0 Å². The molecule has 3 aromatic rings. The summed E-state index contributed by atoms with van der Waals surface area (Å²) >= 11 is 7.34. The molecule has 0 spiro atoms. The quantitative estimate of drug-likeness (QED) is 0.537. The lowest BCUT2D eigenvalue weighted by Gasteiger charge is -2.04. The van der Waals surface area contributed by atoms with Gasteiger partial charge in [0, 0.05) is 17.8 Å². The van der Waals surface area contributed by atoms with Gasteiger partial charge in [-0.15, -0.1) is 0 Å². The molecule has 0 saturated heterocycles. The Kier molecular flexibility index (Phi) is 4.09. The van der Waals surface area contributed by atoms with E-state index in [0.717, 1.165) is 4.70 Å². The average molecular weight is 349 g/mol. The number of anilines is 2. The van der Waals surface area contributed by atoms with E-state index in [-0.39, 0.29) is 5.69 Å². The van der Waals surface area contributed by atoms with Crippen LogP contribution in [0.3, 0.4) is 0 Å². The number of non-ortho nitro benzene ring substituents is 1. The maximum absolute atomic E-state index is 11.9. The van der Waals surface area contributed by atoms with Crippen LogP contribution in [0.4, 0.5) is 21.3 Å². The standard InChI is InChI=1S/C14H9ClN4O3S/c15-10-2-1-3-11-12(10)17-14(23-11)18-13(20)16-8-4-6-9(7-5-8)19(21)22/h1-7H,(H2,16,17,18,20). The van der Waals surface area contributed by atoms with Crippen LogP contribution < -0.4 is 10.6 Å². The van der Waals surface area contributed by atoms with Gasteiger partial charge in [-0.3, -0.25) is 15.4 Å². The van der Waals surface area contributed by atoms with Crippen molar-refractivity contribution in [1.29, 1.82) is 0 Å². The van der Waals surface area contributed by atoms with Gasteiger partial charge in [-0.2, -0.15) is 0 Å². The molecule has 2 amide bonds. The molecule has 0 atom stereocenters. The second kappa shape index (κ2) is 6.19. The minimum absolute atomic E-state index is 0.0447. The monoisotopic (exact) mass is 348 g/mol. The smallest absolute Gasteiger partial charge is 0.308 e. The summed E-state index contributed by atoms with van der Waals surface area (Å²) in [5, 5.41) is 16.7. The molecule has 23 heavy (non-hydrogen) atoms. The third-order valence-corrected chi connectivity index (χ3v) is 4.17. The average Bonchev–Trinajstić information content (AvgIpc) is 2.91. The van der Waals surface area contributed by atoms with Crippen LogP contribution >= 0.6 is 22.9 Å². The first-order valence-corrected chi connectivity index (χ1v) is 7.60. The zero-order valence-electron chi connectivity index (χ0n) is 11.4. The summed E-state index contributed by atoms with van der Waals surface area (Å²) in [6, 6.07) is 10.4. The highest BCUT2D eigenvalue weighted by Crippen LogP contribution is 2.30. The Balaban J connectivity index is 1.70. The fourth-order valence-corrected chi connectivity index (χ4v) is 3.06. The highest BCUT2D eigenvalue weighted by atomic mass is 35.5. The number of amides is 2. The number of carbonyl (C=O) groups is 1. The van der Waals surface area contributed by atoms with Crippen LogP contribution in [0.15, 0.2) is 42.5 Å². The lowest BCUT2D eigenvalue weighted by atomic mass is 10.3. The highest BCUT2D eigenvalue weighted by molar-refractivity contribution is 7.22. The molecule has 0 fully saturated rings. The first-order chi connectivity index (χ1) is 11.0. The van der Waals surface area contributed by atoms with E-state index in [0.29, 0.717) is 21.4 Å². The molecule has 1 heterocycles. The molecule has 0 bridgehead atoms. The third kappa shape index (κ3) is 3.38. The van der Waals surface area contributed by atoms with Crippen molar-refractivity contribution in [3.8, 4) is 0 Å². The first-order valence-electron chi connectivity index (χ1n) is 6.40. The Morgan fingerprint density at radius 1 is 1.17 bits per heavy atom. The van der Waals surface area contributed by atoms with Crippen LogP contribution in [0.2, 0.25) is 5.02 Å². The molecule has 9 heteroatoms. The maximum atomic E-state index is 11.9. The summed E-state index contributed by atoms with van der Waals surface area (Å²) in [6.45, 7) is 0. The maximum Gasteiger partial charge on any atom is 0.325 e. The second-order valence-electron chi connectivity index (χ2n) is 4.49. The van der Waals surface area contributed by atoms with Crippen LogP contribution in [0.5, 0.6) is 0 Å². The number of para-hydroxylation sites is 1. The first kappa shape index (κ1) is 15.2. The Morgan fingerprint density at radius 3 is 2.57 bits per heavy atom. The van der Waals surface area contributed by atoms with Crippen LogP contribution in [0, 0.1) is 10.1 Å². The lowest BCUT2D eigenvalue weighted by Crippen LogP contribution is -2.19. The van der Waals surface area contributed by atoms with Crippen molar-refractivity contribution < 1.29 is 9.72 Å². The van der Waals surface area contributed by atoms with Gasteiger partial charge >= 0.3 is 6.03 Å². The van der Waals surface area contributed by atoms with E-state index in [1.54, 1.807) is 6.07 Å². The van der Waals surface area contributed by atoms with Crippen LogP contribution in [-0.4, -0.2) is 15.9 Å². The zero-order chi connectivity index (χ0) is 16.4. The number of nitrogens with one attached hydrogen (secondary N) is 2. The predicted molar refractivity (Wildman–Crippen MR) is 90.4 cm³/mol. The molecular formula is C14H9ClN4O3S. The van der Waals surface area contributed by atoms with Crippen LogP contribution in [0.25, 0.3) is 10.2 Å². The summed E-state index contributed by atoms with van der Waals surface area (Å²) in [5.41, 5.74) is 1.02. The van der Waals surface area contributed by atoms with Crippen molar-refractivity contribution >= 4 is 55.7 Å². The van der Waals surface area contributed by atoms with Gasteiger partial charge < -0.3 is 5.32 Å². The Morgan fingerprint density at radius 2 is 1.91 bits per heavy atom. The number of halogens is 1. The highest BCUT2D eigenvalue weighted by Gasteiger charge is 2.10. The van der Waals surface area contributed by atoms with E-state index >= 15 is 0 Å². The molecule has 0 saturated carbocycles. The molecule has 0 aliphatic carbocycles. The number of benzene rings is 2. The summed E-state index contributed by atoms with van der Waals surface area (Å²) in [4.78, 5) is 26.3. The Labute approximate surface area is 139 Å². The molecule has 2 aromatic carbocycles. The number of hydrogen-bond donors (Lipinski definition) is 2. The Hall–Kier alpha value is -2.71. The van der Waals surface area contributed by atoms with E-state index in [2.05, 4.69) is 15.6 Å². The fraction of sp³-hybridized carbons (Fsp3) is 0. The Bertz CT molecular complexity index is 895. The summed E-state index contributed by atoms with van der Waals surface area (Å²) < 4.78 is 0.864. The molecule has 0 radical (unpaired) electrons. The molecule has 0 aliphatic heterocycles. The predicted octanol–water partition coefficient (Wildman–Crippen LogP) is 4.50. The van der Waals surface area contributed by atoms with Crippen molar-refractivity contribution in [2.45, 2.75) is 0 Å². The van der Waals surface area contributed by atoms with Crippen molar-refractivity contribution in [3.05, 3.63) is 57.6 Å². The van der Waals surface area contributed by atoms with Crippen molar-refractivity contribution in [3.63, 3.8) is 0 Å². The van der Waals surface area contributed by atoms with Gasteiger partial charge in [0.2, 0.25) is 0 Å². The van der Waals surface area contributed by atoms with Crippen molar-refractivity contribution in [1.82, 2.24) is 4.98 Å². The molecule has 1 aromatic heterocycles. The summed E-state index contributed by atoms with van der Waals surface area (Å²) in [6.07, 6.45) is 0. The zero-order valence-corrected chi connectivity index (χ0v) is 13.0. The number of hydrogen-bond acceptors (Lipinski definition) is 5. The van der Waals surface area contributed by atoms with E-state index in [4.69, 9.17) is 11.6 Å². The number of fused-ring (bicyclic) bond motifs is 1. The van der Waals surface area contributed by atoms with Crippen molar-refractivity contribution in [2.75, 3.05) is 10.6 Å². The van der Waals surface area contributed by atoms with Gasteiger partial charge in [-0.25, -0.2) is 9.78 Å². The van der Waals surface area contributed by atoms with Gasteiger partial charge in [-0.1, -0.05) is 29.0 Å². The molecule has 7 nitrogen and oxygen atoms in total. The molecule has 0 aliphatic rings. The van der Waals surface area contributed by atoms with Gasteiger partial charge in [0.15, 0.2) is 5.13 Å². The van der Waals surface area contributed by atoms with Gasteiger partial charge in [0.1, 0.15) is 5.52 Å². The molecule has 3 rings (SSSR count). The number of thiazole rings is 1. The topological polar surface area (TPSA) is 97.2 Å². The SMILES string of the molecule is O=C(Nc1ccc([N+](=O)[O-])cc1)Nc1nc2c(Cl)cccc2s1. The summed E-state index contributed by atoms with van der Waals surface area (Å²) in [7, 11) is 0. The molecule has 0 unspecified atom stereocenters. The van der Waals surface area contributed by atoms with Crippen molar-refractivity contribution in [2.24, 2.45) is 0 Å². The van der Waals surface area contributed by atoms with E-state index in [9.17, 15) is 14.9 Å². The van der Waals surface area contributed by atoms with Crippen LogP contribution in [0.1, 0.15) is 0 Å². The van der Waals surface area contributed by atoms with E-state index < -0.39 is 11.0 Å². The molecule has 116 valence electrons. The number of urea groups is 1. The number of nitro groups is 1. The lowest BCUT2D eigenvalue weighted by molar-refractivity contribution is -0.384.